The molecule has 0 radical (unpaired) electrons. The molecule has 13 heavy (non-hydrogen) atoms. The molecule has 1 aliphatic rings. The maximum atomic E-state index is 12.6. The molecule has 0 amide bonds. The highest BCUT2D eigenvalue weighted by Crippen LogP contribution is 2.35. The van der Waals surface area contributed by atoms with Crippen molar-refractivity contribution >= 4 is 0 Å². The lowest BCUT2D eigenvalue weighted by molar-refractivity contribution is 0.0235. The summed E-state index contributed by atoms with van der Waals surface area (Å²) in [5, 5.41) is 0. The Morgan fingerprint density at radius 2 is 1.85 bits per heavy atom. The van der Waals surface area contributed by atoms with Crippen LogP contribution in [0.2, 0.25) is 0 Å². The van der Waals surface area contributed by atoms with Crippen molar-refractivity contribution in [2.75, 3.05) is 0 Å². The molecule has 1 heterocycles. The van der Waals surface area contributed by atoms with Gasteiger partial charge in [-0.15, -0.1) is 0 Å². The van der Waals surface area contributed by atoms with Gasteiger partial charge in [-0.2, -0.15) is 0 Å². The molecule has 0 aliphatic carbocycles. The highest BCUT2D eigenvalue weighted by Gasteiger charge is 2.24. The Hall–Kier alpha value is -1.25. The number of para-hydroxylation sites is 2. The van der Waals surface area contributed by atoms with Crippen molar-refractivity contribution in [2.45, 2.75) is 25.8 Å². The fraction of sp³-hybridized carbons (Fsp3) is 0.400. The molecule has 3 heteroatoms. The second-order valence-electron chi connectivity index (χ2n) is 3.13. The van der Waals surface area contributed by atoms with Crippen molar-refractivity contribution in [3.63, 3.8) is 0 Å². The van der Waals surface area contributed by atoms with Crippen LogP contribution in [-0.2, 0) is 0 Å². The molecular formula is C10H11FO2. The van der Waals surface area contributed by atoms with Crippen molar-refractivity contribution < 1.29 is 13.9 Å². The molecule has 0 fully saturated rings. The number of halogens is 1. The summed E-state index contributed by atoms with van der Waals surface area (Å²) in [4.78, 5) is 0. The zero-order valence-corrected chi connectivity index (χ0v) is 7.37. The SMILES string of the molecule is CC(F)CC1Oc2ccccc2O1. The Balaban J connectivity index is 2.05. The van der Waals surface area contributed by atoms with Gasteiger partial charge in [0, 0.05) is 0 Å². The second-order valence-corrected chi connectivity index (χ2v) is 3.13. The summed E-state index contributed by atoms with van der Waals surface area (Å²) in [6.07, 6.45) is -1.09. The van der Waals surface area contributed by atoms with Crippen LogP contribution >= 0.6 is 0 Å². The summed E-state index contributed by atoms with van der Waals surface area (Å²) in [7, 11) is 0. The minimum Gasteiger partial charge on any atom is -0.451 e. The van der Waals surface area contributed by atoms with Gasteiger partial charge in [0.05, 0.1) is 6.42 Å². The van der Waals surface area contributed by atoms with E-state index >= 15 is 0 Å². The molecule has 2 nitrogen and oxygen atoms in total. The number of ether oxygens (including phenoxy) is 2. The van der Waals surface area contributed by atoms with Gasteiger partial charge < -0.3 is 9.47 Å². The molecule has 0 spiro atoms. The Bertz CT molecular complexity index is 274. The Kier molecular flexibility index (Phi) is 2.08. The fourth-order valence-electron chi connectivity index (χ4n) is 1.31. The zero-order valence-electron chi connectivity index (χ0n) is 7.37. The average Bonchev–Trinajstić information content (AvgIpc) is 2.44. The van der Waals surface area contributed by atoms with Crippen LogP contribution in [0.4, 0.5) is 4.39 Å². The molecule has 0 bridgehead atoms. The maximum absolute atomic E-state index is 12.6. The Morgan fingerprint density at radius 3 is 2.31 bits per heavy atom. The minimum atomic E-state index is -0.903. The van der Waals surface area contributed by atoms with Crippen molar-refractivity contribution in [1.82, 2.24) is 0 Å². The molecule has 1 aromatic carbocycles. The predicted octanol–water partition coefficient (Wildman–Crippen LogP) is 2.53. The predicted molar refractivity (Wildman–Crippen MR) is 46.7 cm³/mol. The molecule has 1 aliphatic heterocycles. The van der Waals surface area contributed by atoms with Gasteiger partial charge in [0.1, 0.15) is 6.17 Å². The third-order valence-electron chi connectivity index (χ3n) is 1.88. The zero-order chi connectivity index (χ0) is 9.26. The van der Waals surface area contributed by atoms with Crippen molar-refractivity contribution in [2.24, 2.45) is 0 Å². The molecule has 1 atom stereocenters. The summed E-state index contributed by atoms with van der Waals surface area (Å²) < 4.78 is 23.3. The van der Waals surface area contributed by atoms with Crippen LogP contribution in [0.5, 0.6) is 11.5 Å². The Labute approximate surface area is 76.3 Å². The monoisotopic (exact) mass is 182 g/mol. The topological polar surface area (TPSA) is 18.5 Å². The van der Waals surface area contributed by atoms with Gasteiger partial charge in [-0.1, -0.05) is 12.1 Å². The van der Waals surface area contributed by atoms with Gasteiger partial charge in [0.25, 0.3) is 0 Å². The lowest BCUT2D eigenvalue weighted by atomic mass is 10.3. The van der Waals surface area contributed by atoms with Crippen LogP contribution in [0.25, 0.3) is 0 Å². The molecular weight excluding hydrogens is 171 g/mol. The first-order valence-electron chi connectivity index (χ1n) is 4.32. The molecule has 0 saturated heterocycles. The summed E-state index contributed by atoms with van der Waals surface area (Å²) in [5.41, 5.74) is 0. The smallest absolute Gasteiger partial charge is 0.244 e. The number of benzene rings is 1. The average molecular weight is 182 g/mol. The van der Waals surface area contributed by atoms with E-state index in [-0.39, 0.29) is 6.42 Å². The standard InChI is InChI=1S/C10H11FO2/c1-7(11)6-10-12-8-4-2-3-5-9(8)13-10/h2-5,7,10H,6H2,1H3. The molecule has 0 aromatic heterocycles. The van der Waals surface area contributed by atoms with Crippen LogP contribution in [0.1, 0.15) is 13.3 Å². The normalized spacial score (nSPS) is 17.4. The first kappa shape index (κ1) is 8.35. The van der Waals surface area contributed by atoms with E-state index in [1.807, 2.05) is 24.3 Å². The number of rotatable bonds is 2. The van der Waals surface area contributed by atoms with Crippen LogP contribution in [0, 0.1) is 0 Å². The van der Waals surface area contributed by atoms with E-state index in [2.05, 4.69) is 0 Å². The van der Waals surface area contributed by atoms with Crippen LogP contribution < -0.4 is 9.47 Å². The van der Waals surface area contributed by atoms with Crippen LogP contribution in [0.3, 0.4) is 0 Å². The van der Waals surface area contributed by atoms with E-state index in [0.717, 1.165) is 0 Å². The van der Waals surface area contributed by atoms with E-state index < -0.39 is 12.5 Å². The van der Waals surface area contributed by atoms with Gasteiger partial charge in [-0.3, -0.25) is 0 Å². The van der Waals surface area contributed by atoms with Crippen LogP contribution in [-0.4, -0.2) is 12.5 Å². The van der Waals surface area contributed by atoms with E-state index in [1.54, 1.807) is 0 Å². The van der Waals surface area contributed by atoms with Crippen molar-refractivity contribution in [1.29, 1.82) is 0 Å². The number of hydrogen-bond donors (Lipinski definition) is 0. The summed E-state index contributed by atoms with van der Waals surface area (Å²) in [6, 6.07) is 7.36. The highest BCUT2D eigenvalue weighted by molar-refractivity contribution is 5.41. The van der Waals surface area contributed by atoms with E-state index in [9.17, 15) is 4.39 Å². The summed E-state index contributed by atoms with van der Waals surface area (Å²) in [5.74, 6) is 1.40. The third-order valence-corrected chi connectivity index (χ3v) is 1.88. The highest BCUT2D eigenvalue weighted by atomic mass is 19.1. The molecule has 0 N–H and O–H groups in total. The third kappa shape index (κ3) is 1.74. The van der Waals surface area contributed by atoms with E-state index in [4.69, 9.17) is 9.47 Å². The molecule has 1 unspecified atom stereocenters. The molecule has 0 saturated carbocycles. The van der Waals surface area contributed by atoms with Crippen molar-refractivity contribution in [3.05, 3.63) is 24.3 Å². The molecule has 70 valence electrons. The summed E-state index contributed by atoms with van der Waals surface area (Å²) >= 11 is 0. The first-order valence-corrected chi connectivity index (χ1v) is 4.32. The van der Waals surface area contributed by atoms with Crippen LogP contribution in [0.15, 0.2) is 24.3 Å². The maximum Gasteiger partial charge on any atom is 0.244 e. The lowest BCUT2D eigenvalue weighted by Crippen LogP contribution is -2.21. The molecule has 2 rings (SSSR count). The molecule has 1 aromatic rings. The van der Waals surface area contributed by atoms with Gasteiger partial charge in [0.2, 0.25) is 6.29 Å². The van der Waals surface area contributed by atoms with E-state index in [0.29, 0.717) is 11.5 Å². The van der Waals surface area contributed by atoms with Crippen molar-refractivity contribution in [3.8, 4) is 11.5 Å². The van der Waals surface area contributed by atoms with E-state index in [1.165, 1.54) is 6.92 Å². The summed E-state index contributed by atoms with van der Waals surface area (Å²) in [6.45, 7) is 1.50. The van der Waals surface area contributed by atoms with Gasteiger partial charge in [-0.05, 0) is 19.1 Å². The largest absolute Gasteiger partial charge is 0.451 e. The number of alkyl halides is 1. The number of fused-ring (bicyclic) bond motifs is 1. The quantitative estimate of drug-likeness (QED) is 0.699. The fourth-order valence-corrected chi connectivity index (χ4v) is 1.31. The minimum absolute atomic E-state index is 0.272. The lowest BCUT2D eigenvalue weighted by Gasteiger charge is -2.09. The van der Waals surface area contributed by atoms with Gasteiger partial charge in [0.15, 0.2) is 11.5 Å². The van der Waals surface area contributed by atoms with Gasteiger partial charge >= 0.3 is 0 Å². The number of hydrogen-bond acceptors (Lipinski definition) is 2. The second kappa shape index (κ2) is 3.24. The van der Waals surface area contributed by atoms with Gasteiger partial charge in [-0.25, -0.2) is 4.39 Å². The Morgan fingerprint density at radius 1 is 1.31 bits per heavy atom. The first-order chi connectivity index (χ1) is 6.25.